The van der Waals surface area contributed by atoms with Gasteiger partial charge in [-0.3, -0.25) is 9.78 Å². The zero-order valence-corrected chi connectivity index (χ0v) is 16.6. The molecule has 3 aliphatic heterocycles. The van der Waals surface area contributed by atoms with Crippen LogP contribution < -0.4 is 0 Å². The van der Waals surface area contributed by atoms with Gasteiger partial charge >= 0.3 is 5.97 Å². The first-order valence-electron chi connectivity index (χ1n) is 10.4. The van der Waals surface area contributed by atoms with Gasteiger partial charge in [-0.1, -0.05) is 31.2 Å². The van der Waals surface area contributed by atoms with Crippen LogP contribution in [-0.2, 0) is 26.3 Å². The number of fused-ring (bicyclic) bond motifs is 3. The summed E-state index contributed by atoms with van der Waals surface area (Å²) in [5.41, 5.74) is 1.93. The van der Waals surface area contributed by atoms with Crippen LogP contribution in [0, 0.1) is 0 Å². The monoisotopic (exact) mass is 403 g/mol. The van der Waals surface area contributed by atoms with Crippen molar-refractivity contribution < 1.29 is 19.1 Å². The van der Waals surface area contributed by atoms with E-state index in [4.69, 9.17) is 9.47 Å². The van der Waals surface area contributed by atoms with Crippen molar-refractivity contribution in [2.75, 3.05) is 13.1 Å². The SMILES string of the molecule is CC1c2ccccc2CC12OC(N1CCC3(CC1)OC(=O)c1cccnc13)=NC2=O. The van der Waals surface area contributed by atoms with Crippen molar-refractivity contribution >= 4 is 17.9 Å². The maximum absolute atomic E-state index is 13.0. The molecule has 7 heteroatoms. The number of nitrogens with zero attached hydrogens (tertiary/aromatic N) is 3. The summed E-state index contributed by atoms with van der Waals surface area (Å²) < 4.78 is 12.1. The Hall–Kier alpha value is -3.22. The van der Waals surface area contributed by atoms with E-state index in [1.165, 1.54) is 0 Å². The highest BCUT2D eigenvalue weighted by Gasteiger charge is 2.57. The van der Waals surface area contributed by atoms with Gasteiger partial charge in [-0.2, -0.15) is 4.99 Å². The minimum absolute atomic E-state index is 0.0505. The summed E-state index contributed by atoms with van der Waals surface area (Å²) in [5.74, 6) is -0.570. The van der Waals surface area contributed by atoms with Crippen LogP contribution in [0.15, 0.2) is 47.6 Å². The molecule has 0 bridgehead atoms. The number of esters is 1. The average molecular weight is 403 g/mol. The van der Waals surface area contributed by atoms with E-state index in [9.17, 15) is 9.59 Å². The Morgan fingerprint density at radius 3 is 2.67 bits per heavy atom. The number of rotatable bonds is 0. The predicted octanol–water partition coefficient (Wildman–Crippen LogP) is 2.55. The Balaban J connectivity index is 1.22. The first kappa shape index (κ1) is 17.6. The molecule has 0 radical (unpaired) electrons. The topological polar surface area (TPSA) is 81.1 Å². The number of benzene rings is 1. The molecule has 30 heavy (non-hydrogen) atoms. The van der Waals surface area contributed by atoms with Gasteiger partial charge < -0.3 is 14.4 Å². The third-order valence-corrected chi connectivity index (χ3v) is 7.10. The number of carbonyl (C=O) groups is 2. The lowest BCUT2D eigenvalue weighted by Gasteiger charge is -2.38. The third-order valence-electron chi connectivity index (χ3n) is 7.10. The first-order valence-corrected chi connectivity index (χ1v) is 10.4. The van der Waals surface area contributed by atoms with Crippen LogP contribution in [0.4, 0.5) is 0 Å². The fourth-order valence-electron chi connectivity index (χ4n) is 5.35. The highest BCUT2D eigenvalue weighted by molar-refractivity contribution is 6.03. The van der Waals surface area contributed by atoms with E-state index in [2.05, 4.69) is 22.1 Å². The van der Waals surface area contributed by atoms with Crippen molar-refractivity contribution in [3.05, 3.63) is 65.0 Å². The second-order valence-corrected chi connectivity index (χ2v) is 8.56. The molecule has 7 nitrogen and oxygen atoms in total. The normalized spacial score (nSPS) is 28.4. The molecule has 1 aliphatic carbocycles. The highest BCUT2D eigenvalue weighted by Crippen LogP contribution is 2.47. The van der Waals surface area contributed by atoms with Crippen molar-refractivity contribution in [2.24, 2.45) is 4.99 Å². The summed E-state index contributed by atoms with van der Waals surface area (Å²) >= 11 is 0. The minimum Gasteiger partial charge on any atom is -0.449 e. The van der Waals surface area contributed by atoms with Gasteiger partial charge in [0.2, 0.25) is 5.60 Å². The molecule has 1 aromatic carbocycles. The number of aromatic nitrogens is 1. The number of hydrogen-bond acceptors (Lipinski definition) is 6. The van der Waals surface area contributed by atoms with Crippen molar-refractivity contribution in [1.29, 1.82) is 0 Å². The number of hydrogen-bond donors (Lipinski definition) is 0. The van der Waals surface area contributed by atoms with Gasteiger partial charge in [0.15, 0.2) is 5.60 Å². The molecular formula is C23H21N3O4. The summed E-state index contributed by atoms with van der Waals surface area (Å²) in [5, 5.41) is 0. The number of pyridine rings is 1. The second kappa shape index (κ2) is 5.90. The minimum atomic E-state index is -0.942. The maximum atomic E-state index is 13.0. The van der Waals surface area contributed by atoms with Crippen molar-refractivity contribution in [1.82, 2.24) is 9.88 Å². The van der Waals surface area contributed by atoms with Crippen LogP contribution in [0.3, 0.4) is 0 Å². The van der Waals surface area contributed by atoms with E-state index < -0.39 is 11.2 Å². The van der Waals surface area contributed by atoms with Gasteiger partial charge in [-0.25, -0.2) is 4.79 Å². The fraction of sp³-hybridized carbons (Fsp3) is 0.391. The number of piperidine rings is 1. The molecule has 2 aromatic rings. The van der Waals surface area contributed by atoms with Crippen LogP contribution in [-0.4, -0.2) is 46.5 Å². The van der Waals surface area contributed by atoms with Crippen LogP contribution in [0.25, 0.3) is 0 Å². The van der Waals surface area contributed by atoms with Gasteiger partial charge in [0.1, 0.15) is 0 Å². The van der Waals surface area contributed by atoms with Crippen LogP contribution in [0.2, 0.25) is 0 Å². The van der Waals surface area contributed by atoms with Crippen molar-refractivity contribution in [2.45, 2.75) is 43.3 Å². The number of aliphatic imine (C=N–C) groups is 1. The molecule has 4 aliphatic rings. The van der Waals surface area contributed by atoms with E-state index in [1.807, 2.05) is 24.0 Å². The summed E-state index contributed by atoms with van der Waals surface area (Å²) in [6, 6.07) is 12.0. The number of likely N-dealkylation sites (tertiary alicyclic amines) is 1. The Labute approximate surface area is 173 Å². The van der Waals surface area contributed by atoms with Crippen molar-refractivity contribution in [3.63, 3.8) is 0 Å². The van der Waals surface area contributed by atoms with Crippen LogP contribution in [0.1, 0.15) is 52.9 Å². The van der Waals surface area contributed by atoms with Crippen molar-refractivity contribution in [3.8, 4) is 0 Å². The fourth-order valence-corrected chi connectivity index (χ4v) is 5.35. The lowest BCUT2D eigenvalue weighted by atomic mass is 9.87. The van der Waals surface area contributed by atoms with Gasteiger partial charge in [0.05, 0.1) is 11.3 Å². The summed E-state index contributed by atoms with van der Waals surface area (Å²) in [7, 11) is 0. The van der Waals surface area contributed by atoms with E-state index in [-0.39, 0.29) is 17.8 Å². The number of ether oxygens (including phenoxy) is 2. The Bertz CT molecular complexity index is 1120. The molecule has 2 spiro atoms. The molecule has 0 N–H and O–H groups in total. The van der Waals surface area contributed by atoms with E-state index in [0.29, 0.717) is 43.9 Å². The molecule has 4 heterocycles. The lowest BCUT2D eigenvalue weighted by molar-refractivity contribution is -0.132. The zero-order chi connectivity index (χ0) is 20.5. The molecule has 2 atom stereocenters. The largest absolute Gasteiger partial charge is 0.449 e. The quantitative estimate of drug-likeness (QED) is 0.629. The Morgan fingerprint density at radius 2 is 1.87 bits per heavy atom. The van der Waals surface area contributed by atoms with Gasteiger partial charge in [-0.05, 0) is 23.3 Å². The molecule has 0 saturated carbocycles. The maximum Gasteiger partial charge on any atom is 0.341 e. The molecule has 6 rings (SSSR count). The standard InChI is InChI=1S/C23H21N3O4/c1-14-16-6-3-2-5-15(16)13-23(14)20(28)25-21(30-23)26-11-8-22(9-12-26)18-17(19(27)29-22)7-4-10-24-18/h2-7,10,14H,8-9,11-13H2,1H3. The number of carbonyl (C=O) groups excluding carboxylic acids is 2. The Kier molecular flexibility index (Phi) is 3.47. The molecule has 1 fully saturated rings. The lowest BCUT2D eigenvalue weighted by Crippen LogP contribution is -2.48. The van der Waals surface area contributed by atoms with Crippen LogP contribution >= 0.6 is 0 Å². The molecule has 152 valence electrons. The molecule has 2 unspecified atom stereocenters. The molecular weight excluding hydrogens is 382 g/mol. The second-order valence-electron chi connectivity index (χ2n) is 8.56. The molecule has 1 amide bonds. The summed E-state index contributed by atoms with van der Waals surface area (Å²) in [6.45, 7) is 3.19. The van der Waals surface area contributed by atoms with E-state index >= 15 is 0 Å². The number of amidine groups is 1. The Morgan fingerprint density at radius 1 is 1.07 bits per heavy atom. The molecule has 1 aromatic heterocycles. The smallest absolute Gasteiger partial charge is 0.341 e. The first-order chi connectivity index (χ1) is 14.5. The van der Waals surface area contributed by atoms with Crippen LogP contribution in [0.5, 0.6) is 0 Å². The summed E-state index contributed by atoms with van der Waals surface area (Å²) in [6.07, 6.45) is 3.41. The molecule has 1 saturated heterocycles. The van der Waals surface area contributed by atoms with Gasteiger partial charge in [0, 0.05) is 44.5 Å². The van der Waals surface area contributed by atoms with Gasteiger partial charge in [0.25, 0.3) is 11.9 Å². The van der Waals surface area contributed by atoms with E-state index in [0.717, 1.165) is 16.8 Å². The third kappa shape index (κ3) is 2.20. The number of amides is 1. The predicted molar refractivity (Wildman–Crippen MR) is 107 cm³/mol. The van der Waals surface area contributed by atoms with E-state index in [1.54, 1.807) is 18.3 Å². The zero-order valence-electron chi connectivity index (χ0n) is 16.6. The highest BCUT2D eigenvalue weighted by atomic mass is 16.6. The summed E-state index contributed by atoms with van der Waals surface area (Å²) in [4.78, 5) is 36.0. The van der Waals surface area contributed by atoms with Gasteiger partial charge in [-0.15, -0.1) is 0 Å². The average Bonchev–Trinajstić information content (AvgIpc) is 3.35.